The Hall–Kier alpha value is -2.24. The largest absolute Gasteiger partial charge is 0.494 e. The molecule has 0 heterocycles. The topological polar surface area (TPSA) is 18.5 Å². The Morgan fingerprint density at radius 2 is 1.56 bits per heavy atom. The molecule has 0 unspecified atom stereocenters. The molecule has 0 atom stereocenters. The lowest BCUT2D eigenvalue weighted by Gasteiger charge is -2.23. The first-order valence-electron chi connectivity index (χ1n) is 8.97. The van der Waals surface area contributed by atoms with Crippen molar-refractivity contribution in [3.8, 4) is 22.6 Å². The predicted octanol–water partition coefficient (Wildman–Crippen LogP) is 6.69. The number of methoxy groups -OCH3 is 1. The molecule has 1 fully saturated rings. The highest BCUT2D eigenvalue weighted by Crippen LogP contribution is 2.30. The van der Waals surface area contributed by atoms with Gasteiger partial charge in [-0.3, -0.25) is 9.33 Å². The van der Waals surface area contributed by atoms with Crippen LogP contribution >= 0.6 is 0 Å². The highest BCUT2D eigenvalue weighted by molar-refractivity contribution is 5.66. The van der Waals surface area contributed by atoms with Crippen molar-refractivity contribution < 1.29 is 27.4 Å². The maximum Gasteiger partial charge on any atom is 0.201 e. The summed E-state index contributed by atoms with van der Waals surface area (Å²) in [4.78, 5) is 3.51. The van der Waals surface area contributed by atoms with E-state index in [0.717, 1.165) is 18.8 Å². The molecule has 2 nitrogen and oxygen atoms in total. The first kappa shape index (κ1) is 21.1. The Morgan fingerprint density at radius 1 is 0.926 bits per heavy atom. The minimum atomic E-state index is -1.05. The Kier molecular flexibility index (Phi) is 7.95. The van der Waals surface area contributed by atoms with Crippen LogP contribution in [0.2, 0.25) is 0 Å². The molecule has 0 bridgehead atoms. The zero-order valence-electron chi connectivity index (χ0n) is 15.5. The summed E-state index contributed by atoms with van der Waals surface area (Å²) in [5.74, 6) is -0.980. The highest BCUT2D eigenvalue weighted by atomic mass is 19.3. The fraction of sp³-hybridized carbons (Fsp3) is 0.429. The van der Waals surface area contributed by atoms with Crippen LogP contribution in [0.15, 0.2) is 36.4 Å². The number of benzene rings is 2. The number of hydrogen-bond acceptors (Lipinski definition) is 2. The van der Waals surface area contributed by atoms with Gasteiger partial charge in [-0.15, -0.1) is 0 Å². The molecule has 0 aromatic heterocycles. The van der Waals surface area contributed by atoms with Crippen molar-refractivity contribution in [2.24, 2.45) is 11.8 Å². The summed E-state index contributed by atoms with van der Waals surface area (Å²) >= 11 is 0. The van der Waals surface area contributed by atoms with Gasteiger partial charge in [0.25, 0.3) is 0 Å². The SMILES string of the molecule is CC1CCC(CF)CC1.COc1ccc(-c2ccc(OF)cc2)c(F)c1F. The van der Waals surface area contributed by atoms with Crippen molar-refractivity contribution in [2.45, 2.75) is 32.6 Å². The predicted molar refractivity (Wildman–Crippen MR) is 97.2 cm³/mol. The van der Waals surface area contributed by atoms with Crippen LogP contribution < -0.4 is 9.68 Å². The summed E-state index contributed by atoms with van der Waals surface area (Å²) in [6.45, 7) is 2.17. The molecule has 0 saturated heterocycles. The molecule has 0 spiro atoms. The van der Waals surface area contributed by atoms with Crippen LogP contribution in [0, 0.1) is 23.5 Å². The monoisotopic (exact) mass is 384 g/mol. The second-order valence-corrected chi connectivity index (χ2v) is 6.83. The van der Waals surface area contributed by atoms with Gasteiger partial charge in [-0.2, -0.15) is 4.39 Å². The van der Waals surface area contributed by atoms with Crippen molar-refractivity contribution in [1.82, 2.24) is 0 Å². The fourth-order valence-electron chi connectivity index (χ4n) is 3.08. The molecule has 3 rings (SSSR count). The van der Waals surface area contributed by atoms with Crippen LogP contribution in [-0.4, -0.2) is 13.8 Å². The molecular formula is C21H24F4O2. The van der Waals surface area contributed by atoms with E-state index in [4.69, 9.17) is 0 Å². The van der Waals surface area contributed by atoms with Crippen molar-refractivity contribution >= 4 is 0 Å². The minimum Gasteiger partial charge on any atom is -0.494 e. The van der Waals surface area contributed by atoms with Gasteiger partial charge in [0.1, 0.15) is 0 Å². The minimum absolute atomic E-state index is 0.00635. The summed E-state index contributed by atoms with van der Waals surface area (Å²) in [6, 6.07) is 8.21. The quantitative estimate of drug-likeness (QED) is 0.547. The molecule has 6 heteroatoms. The summed E-state index contributed by atoms with van der Waals surface area (Å²) in [6.07, 6.45) is 4.73. The average Bonchev–Trinajstić information content (AvgIpc) is 2.71. The third kappa shape index (κ3) is 5.62. The third-order valence-electron chi connectivity index (χ3n) is 4.87. The second-order valence-electron chi connectivity index (χ2n) is 6.83. The zero-order chi connectivity index (χ0) is 19.8. The van der Waals surface area contributed by atoms with Crippen molar-refractivity contribution in [2.75, 3.05) is 13.8 Å². The molecule has 0 radical (unpaired) electrons. The van der Waals surface area contributed by atoms with E-state index in [1.807, 2.05) is 0 Å². The highest BCUT2D eigenvalue weighted by Gasteiger charge is 2.17. The van der Waals surface area contributed by atoms with Crippen LogP contribution in [-0.2, 0) is 0 Å². The smallest absolute Gasteiger partial charge is 0.201 e. The Labute approximate surface area is 157 Å². The van der Waals surface area contributed by atoms with Gasteiger partial charge in [-0.05, 0) is 54.5 Å². The summed E-state index contributed by atoms with van der Waals surface area (Å²) in [5, 5.41) is 0. The van der Waals surface area contributed by atoms with E-state index < -0.39 is 11.6 Å². The average molecular weight is 384 g/mol. The van der Waals surface area contributed by atoms with E-state index in [-0.39, 0.29) is 23.7 Å². The molecule has 1 saturated carbocycles. The van der Waals surface area contributed by atoms with Crippen LogP contribution in [0.5, 0.6) is 11.5 Å². The molecule has 148 valence electrons. The fourth-order valence-corrected chi connectivity index (χ4v) is 3.08. The lowest BCUT2D eigenvalue weighted by molar-refractivity contribution is -0.00618. The first-order valence-corrected chi connectivity index (χ1v) is 8.97. The molecule has 2 aromatic carbocycles. The summed E-state index contributed by atoms with van der Waals surface area (Å²) in [7, 11) is 1.25. The van der Waals surface area contributed by atoms with Gasteiger partial charge in [-0.1, -0.05) is 31.9 Å². The van der Waals surface area contributed by atoms with Crippen molar-refractivity contribution in [3.63, 3.8) is 0 Å². The molecule has 27 heavy (non-hydrogen) atoms. The third-order valence-corrected chi connectivity index (χ3v) is 4.87. The Bertz CT molecular complexity index is 711. The Balaban J connectivity index is 0.000000244. The van der Waals surface area contributed by atoms with Gasteiger partial charge in [0.2, 0.25) is 5.82 Å². The zero-order valence-corrected chi connectivity index (χ0v) is 15.5. The normalized spacial score (nSPS) is 19.0. The lowest BCUT2D eigenvalue weighted by atomic mass is 9.84. The molecular weight excluding hydrogens is 360 g/mol. The van der Waals surface area contributed by atoms with Gasteiger partial charge in [0.15, 0.2) is 17.3 Å². The number of rotatable bonds is 4. The standard InChI is InChI=1S/C13H9F3O2.C8H15F/c1-17-11-7-6-10(12(14)13(11)15)8-2-4-9(18-16)5-3-8;1-7-2-4-8(6-9)5-3-7/h2-7H,1H3;7-8H,2-6H2,1H3. The van der Waals surface area contributed by atoms with Crippen LogP contribution in [0.3, 0.4) is 0 Å². The Morgan fingerprint density at radius 3 is 2.07 bits per heavy atom. The number of alkyl halides is 1. The first-order chi connectivity index (χ1) is 13.0. The summed E-state index contributed by atoms with van der Waals surface area (Å²) < 4.78 is 55.8. The van der Waals surface area contributed by atoms with Gasteiger partial charge in [0, 0.05) is 10.1 Å². The van der Waals surface area contributed by atoms with E-state index >= 15 is 0 Å². The van der Waals surface area contributed by atoms with E-state index in [0.29, 0.717) is 11.5 Å². The van der Waals surface area contributed by atoms with Crippen LogP contribution in [0.1, 0.15) is 32.6 Å². The lowest BCUT2D eigenvalue weighted by Crippen LogP contribution is -2.13. The van der Waals surface area contributed by atoms with Gasteiger partial charge in [0.05, 0.1) is 13.8 Å². The van der Waals surface area contributed by atoms with E-state index in [1.54, 1.807) is 0 Å². The molecule has 2 aromatic rings. The molecule has 1 aliphatic carbocycles. The van der Waals surface area contributed by atoms with Gasteiger partial charge in [-0.25, -0.2) is 4.39 Å². The second kappa shape index (κ2) is 10.2. The molecule has 0 aliphatic heterocycles. The van der Waals surface area contributed by atoms with E-state index in [9.17, 15) is 17.7 Å². The van der Waals surface area contributed by atoms with Crippen LogP contribution in [0.4, 0.5) is 17.7 Å². The van der Waals surface area contributed by atoms with Crippen molar-refractivity contribution in [3.05, 3.63) is 48.0 Å². The number of halogens is 4. The van der Waals surface area contributed by atoms with Crippen molar-refractivity contribution in [1.29, 1.82) is 0 Å². The number of ether oxygens (including phenoxy) is 1. The maximum atomic E-state index is 13.8. The molecule has 1 aliphatic rings. The molecule has 0 amide bonds. The molecule has 0 N–H and O–H groups in total. The summed E-state index contributed by atoms with van der Waals surface area (Å²) in [5.41, 5.74) is 0.480. The van der Waals surface area contributed by atoms with E-state index in [1.165, 1.54) is 56.3 Å². The van der Waals surface area contributed by atoms with Gasteiger partial charge >= 0.3 is 0 Å². The maximum absolute atomic E-state index is 13.8. The van der Waals surface area contributed by atoms with E-state index in [2.05, 4.69) is 16.6 Å². The van der Waals surface area contributed by atoms with Crippen LogP contribution in [0.25, 0.3) is 11.1 Å². The number of hydrogen-bond donors (Lipinski definition) is 0. The van der Waals surface area contributed by atoms with Gasteiger partial charge < -0.3 is 4.74 Å².